The van der Waals surface area contributed by atoms with Gasteiger partial charge in [0.2, 0.25) is 0 Å². The number of aliphatic carboxylic acids is 1. The summed E-state index contributed by atoms with van der Waals surface area (Å²) >= 11 is 0. The lowest BCUT2D eigenvalue weighted by Crippen LogP contribution is -2.42. The van der Waals surface area contributed by atoms with Crippen LogP contribution in [0.1, 0.15) is 16.1 Å². The van der Waals surface area contributed by atoms with Crippen LogP contribution in [0.25, 0.3) is 10.9 Å². The van der Waals surface area contributed by atoms with E-state index in [2.05, 4.69) is 5.32 Å². The van der Waals surface area contributed by atoms with E-state index in [4.69, 9.17) is 0 Å². The van der Waals surface area contributed by atoms with E-state index >= 15 is 0 Å². The highest BCUT2D eigenvalue weighted by atomic mass is 16.4. The second kappa shape index (κ2) is 6.58. The van der Waals surface area contributed by atoms with Crippen LogP contribution in [0.2, 0.25) is 0 Å². The summed E-state index contributed by atoms with van der Waals surface area (Å²) in [6.07, 6.45) is 0.242. The molecule has 5 nitrogen and oxygen atoms in total. The van der Waals surface area contributed by atoms with E-state index in [-0.39, 0.29) is 6.42 Å². The van der Waals surface area contributed by atoms with Crippen molar-refractivity contribution in [2.24, 2.45) is 7.05 Å². The number of nitrogens with zero attached hydrogens (tertiary/aromatic N) is 1. The van der Waals surface area contributed by atoms with Gasteiger partial charge in [0.25, 0.3) is 5.91 Å². The van der Waals surface area contributed by atoms with Crippen molar-refractivity contribution in [2.75, 3.05) is 0 Å². The molecule has 24 heavy (non-hydrogen) atoms. The lowest BCUT2D eigenvalue weighted by atomic mass is 10.1. The van der Waals surface area contributed by atoms with Gasteiger partial charge in [0.05, 0.1) is 0 Å². The summed E-state index contributed by atoms with van der Waals surface area (Å²) in [5.41, 5.74) is 2.23. The van der Waals surface area contributed by atoms with Crippen LogP contribution in [-0.4, -0.2) is 27.6 Å². The van der Waals surface area contributed by atoms with Gasteiger partial charge in [-0.25, -0.2) is 4.79 Å². The number of nitrogens with one attached hydrogen (secondary N) is 1. The molecule has 2 N–H and O–H groups in total. The predicted molar refractivity (Wildman–Crippen MR) is 92.0 cm³/mol. The average Bonchev–Trinajstić information content (AvgIpc) is 2.92. The standard InChI is InChI=1S/C19H18N2O3/c1-21-16-10-6-5-9-14(16)12-17(21)18(22)20-15(19(23)24)11-13-7-3-2-4-8-13/h2-10,12,15H,11H2,1H3,(H,20,22)(H,23,24). The Morgan fingerprint density at radius 1 is 1.08 bits per heavy atom. The summed E-state index contributed by atoms with van der Waals surface area (Å²) in [6, 6.07) is 17.7. The van der Waals surface area contributed by atoms with Crippen LogP contribution in [0, 0.1) is 0 Å². The van der Waals surface area contributed by atoms with E-state index in [1.165, 1.54) is 0 Å². The molecule has 1 aromatic heterocycles. The fourth-order valence-corrected chi connectivity index (χ4v) is 2.79. The van der Waals surface area contributed by atoms with Crippen LogP contribution in [0.5, 0.6) is 0 Å². The van der Waals surface area contributed by atoms with Gasteiger partial charge in [-0.2, -0.15) is 0 Å². The maximum absolute atomic E-state index is 12.5. The Kier molecular flexibility index (Phi) is 4.33. The lowest BCUT2D eigenvalue weighted by Gasteiger charge is -2.15. The minimum Gasteiger partial charge on any atom is -0.480 e. The third kappa shape index (κ3) is 3.15. The van der Waals surface area contributed by atoms with Gasteiger partial charge in [0.15, 0.2) is 0 Å². The molecule has 0 radical (unpaired) electrons. The summed E-state index contributed by atoms with van der Waals surface area (Å²) < 4.78 is 1.77. The molecule has 0 bridgehead atoms. The van der Waals surface area contributed by atoms with Crippen molar-refractivity contribution in [3.8, 4) is 0 Å². The fourth-order valence-electron chi connectivity index (χ4n) is 2.79. The van der Waals surface area contributed by atoms with Gasteiger partial charge in [-0.1, -0.05) is 48.5 Å². The lowest BCUT2D eigenvalue weighted by molar-refractivity contribution is -0.139. The highest BCUT2D eigenvalue weighted by Crippen LogP contribution is 2.18. The Labute approximate surface area is 139 Å². The van der Waals surface area contributed by atoms with Crippen LogP contribution in [0.4, 0.5) is 0 Å². The van der Waals surface area contributed by atoms with Gasteiger partial charge in [0, 0.05) is 24.4 Å². The topological polar surface area (TPSA) is 71.3 Å². The molecule has 122 valence electrons. The molecule has 0 aliphatic carbocycles. The number of benzene rings is 2. The molecule has 1 amide bonds. The van der Waals surface area contributed by atoms with E-state index in [0.717, 1.165) is 16.5 Å². The molecule has 0 aliphatic rings. The molecule has 0 spiro atoms. The number of aryl methyl sites for hydroxylation is 1. The monoisotopic (exact) mass is 322 g/mol. The number of rotatable bonds is 5. The SMILES string of the molecule is Cn1c(C(=O)NC(Cc2ccccc2)C(=O)O)cc2ccccc21. The Balaban J connectivity index is 1.82. The maximum Gasteiger partial charge on any atom is 0.326 e. The minimum absolute atomic E-state index is 0.242. The van der Waals surface area contributed by atoms with Crippen LogP contribution in [0.3, 0.4) is 0 Å². The van der Waals surface area contributed by atoms with Crippen LogP contribution in [-0.2, 0) is 18.3 Å². The molecule has 5 heteroatoms. The highest BCUT2D eigenvalue weighted by Gasteiger charge is 2.23. The average molecular weight is 322 g/mol. The third-order valence-electron chi connectivity index (χ3n) is 4.07. The van der Waals surface area contributed by atoms with Crippen LogP contribution < -0.4 is 5.32 Å². The number of aromatic nitrogens is 1. The molecule has 0 saturated carbocycles. The predicted octanol–water partition coefficient (Wildman–Crippen LogP) is 2.60. The maximum atomic E-state index is 12.5. The number of carboxylic acid groups (broad SMARTS) is 1. The van der Waals surface area contributed by atoms with Crippen molar-refractivity contribution in [1.82, 2.24) is 9.88 Å². The molecule has 0 aliphatic heterocycles. The van der Waals surface area contributed by atoms with E-state index < -0.39 is 17.9 Å². The van der Waals surface area contributed by atoms with E-state index in [9.17, 15) is 14.7 Å². The summed E-state index contributed by atoms with van der Waals surface area (Å²) in [7, 11) is 1.80. The number of carbonyl (C=O) groups is 2. The normalized spacial score (nSPS) is 12.0. The van der Waals surface area contributed by atoms with Crippen molar-refractivity contribution in [3.05, 3.63) is 71.9 Å². The number of amides is 1. The summed E-state index contributed by atoms with van der Waals surface area (Å²) in [6.45, 7) is 0. The molecule has 3 aromatic rings. The van der Waals surface area contributed by atoms with Gasteiger partial charge in [-0.3, -0.25) is 4.79 Å². The second-order valence-electron chi connectivity index (χ2n) is 5.70. The van der Waals surface area contributed by atoms with Crippen molar-refractivity contribution in [2.45, 2.75) is 12.5 Å². The molecular formula is C19H18N2O3. The largest absolute Gasteiger partial charge is 0.480 e. The number of fused-ring (bicyclic) bond motifs is 1. The zero-order valence-electron chi connectivity index (χ0n) is 13.3. The zero-order valence-corrected chi connectivity index (χ0v) is 13.3. The number of hydrogen-bond donors (Lipinski definition) is 2. The Hall–Kier alpha value is -3.08. The zero-order chi connectivity index (χ0) is 17.1. The molecule has 1 heterocycles. The first-order chi connectivity index (χ1) is 11.6. The molecular weight excluding hydrogens is 304 g/mol. The molecule has 2 aromatic carbocycles. The number of carboxylic acids is 1. The number of hydrogen-bond acceptors (Lipinski definition) is 2. The van der Waals surface area contributed by atoms with E-state index in [1.54, 1.807) is 17.7 Å². The van der Waals surface area contributed by atoms with Crippen LogP contribution in [0.15, 0.2) is 60.7 Å². The molecule has 0 fully saturated rings. The summed E-state index contributed by atoms with van der Waals surface area (Å²) in [5, 5.41) is 13.0. The van der Waals surface area contributed by atoms with Crippen LogP contribution >= 0.6 is 0 Å². The Morgan fingerprint density at radius 2 is 1.75 bits per heavy atom. The minimum atomic E-state index is -1.05. The molecule has 3 rings (SSSR count). The van der Waals surface area contributed by atoms with Gasteiger partial charge in [-0.15, -0.1) is 0 Å². The van der Waals surface area contributed by atoms with E-state index in [0.29, 0.717) is 5.69 Å². The summed E-state index contributed by atoms with van der Waals surface area (Å²) in [5.74, 6) is -1.44. The highest BCUT2D eigenvalue weighted by molar-refractivity contribution is 6.00. The van der Waals surface area contributed by atoms with Gasteiger partial charge in [-0.05, 0) is 17.7 Å². The molecule has 1 unspecified atom stereocenters. The van der Waals surface area contributed by atoms with Crippen molar-refractivity contribution < 1.29 is 14.7 Å². The fraction of sp³-hybridized carbons (Fsp3) is 0.158. The van der Waals surface area contributed by atoms with Crippen molar-refractivity contribution in [1.29, 1.82) is 0 Å². The van der Waals surface area contributed by atoms with Gasteiger partial charge < -0.3 is 15.0 Å². The first-order valence-corrected chi connectivity index (χ1v) is 7.68. The van der Waals surface area contributed by atoms with Crippen molar-refractivity contribution in [3.63, 3.8) is 0 Å². The molecule has 1 atom stereocenters. The van der Waals surface area contributed by atoms with Gasteiger partial charge in [0.1, 0.15) is 11.7 Å². The Bertz CT molecular complexity index is 884. The number of carbonyl (C=O) groups excluding carboxylic acids is 1. The first-order valence-electron chi connectivity index (χ1n) is 7.68. The van der Waals surface area contributed by atoms with Gasteiger partial charge >= 0.3 is 5.97 Å². The third-order valence-corrected chi connectivity index (χ3v) is 4.07. The molecule has 0 saturated heterocycles. The van der Waals surface area contributed by atoms with E-state index in [1.807, 2.05) is 54.6 Å². The van der Waals surface area contributed by atoms with Crippen molar-refractivity contribution >= 4 is 22.8 Å². The smallest absolute Gasteiger partial charge is 0.326 e. The number of para-hydroxylation sites is 1. The first kappa shape index (κ1) is 15.8. The second-order valence-corrected chi connectivity index (χ2v) is 5.70. The Morgan fingerprint density at radius 3 is 2.42 bits per heavy atom. The quantitative estimate of drug-likeness (QED) is 0.758. The summed E-state index contributed by atoms with van der Waals surface area (Å²) in [4.78, 5) is 24.1.